The summed E-state index contributed by atoms with van der Waals surface area (Å²) in [6, 6.07) is 9.11. The van der Waals surface area contributed by atoms with Crippen molar-refractivity contribution in [1.29, 1.82) is 5.26 Å². The second-order valence-electron chi connectivity index (χ2n) is 6.45. The van der Waals surface area contributed by atoms with Crippen LogP contribution in [0.2, 0.25) is 0 Å². The molecule has 136 valence electrons. The van der Waals surface area contributed by atoms with Gasteiger partial charge < -0.3 is 10.0 Å². The van der Waals surface area contributed by atoms with Gasteiger partial charge >= 0.3 is 5.69 Å². The van der Waals surface area contributed by atoms with Gasteiger partial charge in [0.25, 0.3) is 5.56 Å². The minimum atomic E-state index is -0.562. The maximum absolute atomic E-state index is 12.2. The number of aromatic hydroxyl groups is 1. The van der Waals surface area contributed by atoms with E-state index in [4.69, 9.17) is 0 Å². The maximum Gasteiger partial charge on any atom is 0.332 e. The lowest BCUT2D eigenvalue weighted by molar-refractivity contribution is 0.248. The molecule has 26 heavy (non-hydrogen) atoms. The molecule has 8 heteroatoms. The van der Waals surface area contributed by atoms with Crippen LogP contribution in [0.4, 0.5) is 5.82 Å². The summed E-state index contributed by atoms with van der Waals surface area (Å²) < 4.78 is 2.32. The van der Waals surface area contributed by atoms with Gasteiger partial charge in [-0.15, -0.1) is 0 Å². The maximum atomic E-state index is 12.2. The number of hydrogen-bond donors (Lipinski definition) is 1. The Kier molecular flexibility index (Phi) is 4.82. The van der Waals surface area contributed by atoms with Crippen molar-refractivity contribution in [1.82, 2.24) is 14.0 Å². The molecule has 2 aromatic rings. The second kappa shape index (κ2) is 7.06. The highest BCUT2D eigenvalue weighted by Crippen LogP contribution is 2.19. The molecule has 1 aliphatic rings. The Balaban J connectivity index is 1.80. The van der Waals surface area contributed by atoms with Gasteiger partial charge in [0.05, 0.1) is 0 Å². The first-order valence-electron chi connectivity index (χ1n) is 8.37. The van der Waals surface area contributed by atoms with Gasteiger partial charge in [0.1, 0.15) is 17.6 Å². The molecule has 0 spiro atoms. The van der Waals surface area contributed by atoms with Crippen molar-refractivity contribution in [3.8, 4) is 11.8 Å². The van der Waals surface area contributed by atoms with Crippen molar-refractivity contribution >= 4 is 5.82 Å². The predicted molar refractivity (Wildman–Crippen MR) is 97.2 cm³/mol. The number of anilines is 1. The molecule has 1 aromatic carbocycles. The van der Waals surface area contributed by atoms with Crippen molar-refractivity contribution in [3.63, 3.8) is 0 Å². The Bertz CT molecular complexity index is 978. The van der Waals surface area contributed by atoms with E-state index in [1.54, 1.807) is 19.2 Å². The number of hydrogen-bond acceptors (Lipinski definition) is 6. The van der Waals surface area contributed by atoms with Gasteiger partial charge in [0.2, 0.25) is 0 Å². The summed E-state index contributed by atoms with van der Waals surface area (Å²) in [7, 11) is 2.96. The van der Waals surface area contributed by atoms with Crippen molar-refractivity contribution in [2.75, 3.05) is 31.1 Å². The van der Waals surface area contributed by atoms with E-state index in [1.165, 1.54) is 11.6 Å². The van der Waals surface area contributed by atoms with Gasteiger partial charge in [-0.3, -0.25) is 18.8 Å². The third kappa shape index (κ3) is 3.21. The second-order valence-corrected chi connectivity index (χ2v) is 6.45. The minimum Gasteiger partial charge on any atom is -0.508 e. The summed E-state index contributed by atoms with van der Waals surface area (Å²) in [5.74, 6) is 0.632. The molecule has 3 rings (SSSR count). The van der Waals surface area contributed by atoms with Crippen LogP contribution >= 0.6 is 0 Å². The van der Waals surface area contributed by atoms with Crippen molar-refractivity contribution in [2.24, 2.45) is 14.1 Å². The molecule has 1 fully saturated rings. The first kappa shape index (κ1) is 17.8. The summed E-state index contributed by atoms with van der Waals surface area (Å²) in [4.78, 5) is 28.6. The van der Waals surface area contributed by atoms with Gasteiger partial charge in [-0.1, -0.05) is 12.1 Å². The van der Waals surface area contributed by atoms with Crippen LogP contribution in [0.5, 0.6) is 5.75 Å². The fourth-order valence-corrected chi connectivity index (χ4v) is 3.33. The van der Waals surface area contributed by atoms with Crippen LogP contribution in [0, 0.1) is 11.3 Å². The van der Waals surface area contributed by atoms with Gasteiger partial charge in [0.15, 0.2) is 5.56 Å². The zero-order valence-corrected chi connectivity index (χ0v) is 14.8. The summed E-state index contributed by atoms with van der Waals surface area (Å²) in [6.45, 7) is 3.37. The number of rotatable bonds is 3. The van der Waals surface area contributed by atoms with Crippen molar-refractivity contribution in [2.45, 2.75) is 6.54 Å². The van der Waals surface area contributed by atoms with Gasteiger partial charge in [-0.2, -0.15) is 5.26 Å². The number of benzene rings is 1. The van der Waals surface area contributed by atoms with E-state index in [0.717, 1.165) is 23.2 Å². The molecule has 0 unspecified atom stereocenters. The highest BCUT2D eigenvalue weighted by atomic mass is 16.3. The average Bonchev–Trinajstić information content (AvgIpc) is 2.64. The number of piperazine rings is 1. The zero-order valence-electron chi connectivity index (χ0n) is 14.8. The predicted octanol–water partition coefficient (Wildman–Crippen LogP) is -0.0165. The lowest BCUT2D eigenvalue weighted by atomic mass is 10.2. The third-order valence-corrected chi connectivity index (χ3v) is 4.73. The van der Waals surface area contributed by atoms with Crippen LogP contribution in [-0.2, 0) is 20.6 Å². The molecule has 0 saturated carbocycles. The Hall–Kier alpha value is -3.05. The van der Waals surface area contributed by atoms with E-state index in [1.807, 2.05) is 23.1 Å². The highest BCUT2D eigenvalue weighted by Gasteiger charge is 2.24. The van der Waals surface area contributed by atoms with Gasteiger partial charge in [-0.05, 0) is 17.7 Å². The zero-order chi connectivity index (χ0) is 18.8. The van der Waals surface area contributed by atoms with Crippen LogP contribution in [0.25, 0.3) is 0 Å². The van der Waals surface area contributed by atoms with Gasteiger partial charge in [-0.25, -0.2) is 4.79 Å². The molecule has 8 nitrogen and oxygen atoms in total. The highest BCUT2D eigenvalue weighted by molar-refractivity contribution is 5.53. The van der Waals surface area contributed by atoms with E-state index in [9.17, 15) is 20.0 Å². The van der Waals surface area contributed by atoms with Crippen molar-refractivity contribution in [3.05, 3.63) is 56.2 Å². The smallest absolute Gasteiger partial charge is 0.332 e. The SMILES string of the molecule is Cn1c(N2CCN(Cc3cccc(O)c3)CC2)c(C#N)c(=O)n(C)c1=O. The Morgan fingerprint density at radius 2 is 1.81 bits per heavy atom. The molecule has 0 amide bonds. The summed E-state index contributed by atoms with van der Waals surface area (Å²) in [5, 5.41) is 19.0. The number of phenolic OH excluding ortho intramolecular Hbond substituents is 1. The lowest BCUT2D eigenvalue weighted by Gasteiger charge is -2.36. The molecule has 0 bridgehead atoms. The first-order valence-corrected chi connectivity index (χ1v) is 8.37. The Morgan fingerprint density at radius 3 is 2.42 bits per heavy atom. The molecular weight excluding hydrogens is 334 g/mol. The normalized spacial score (nSPS) is 15.0. The largest absolute Gasteiger partial charge is 0.508 e. The molecule has 1 saturated heterocycles. The Labute approximate surface area is 150 Å². The molecular formula is C18H21N5O3. The number of phenols is 1. The van der Waals surface area contributed by atoms with Crippen LogP contribution < -0.4 is 16.1 Å². The molecule has 0 aliphatic carbocycles. The van der Waals surface area contributed by atoms with E-state index >= 15 is 0 Å². The van der Waals surface area contributed by atoms with Crippen LogP contribution in [-0.4, -0.2) is 45.3 Å². The van der Waals surface area contributed by atoms with E-state index < -0.39 is 11.2 Å². The van der Waals surface area contributed by atoms with E-state index in [-0.39, 0.29) is 11.3 Å². The fraction of sp³-hybridized carbons (Fsp3) is 0.389. The van der Waals surface area contributed by atoms with E-state index in [2.05, 4.69) is 4.90 Å². The topological polar surface area (TPSA) is 94.5 Å². The minimum absolute atomic E-state index is 0.00367. The van der Waals surface area contributed by atoms with E-state index in [0.29, 0.717) is 25.5 Å². The lowest BCUT2D eigenvalue weighted by Crippen LogP contribution is -2.50. The van der Waals surface area contributed by atoms with Crippen molar-refractivity contribution < 1.29 is 5.11 Å². The number of aromatic nitrogens is 2. The summed E-state index contributed by atoms with van der Waals surface area (Å²) in [5.41, 5.74) is 0.0205. The monoisotopic (exact) mass is 355 g/mol. The molecule has 1 N–H and O–H groups in total. The number of nitrogens with zero attached hydrogens (tertiary/aromatic N) is 5. The average molecular weight is 355 g/mol. The van der Waals surface area contributed by atoms with Crippen LogP contribution in [0.1, 0.15) is 11.1 Å². The quantitative estimate of drug-likeness (QED) is 0.832. The first-order chi connectivity index (χ1) is 12.4. The van der Waals surface area contributed by atoms with Crippen LogP contribution in [0.3, 0.4) is 0 Å². The Morgan fingerprint density at radius 1 is 1.12 bits per heavy atom. The molecule has 1 aliphatic heterocycles. The third-order valence-electron chi connectivity index (χ3n) is 4.73. The fourth-order valence-electron chi connectivity index (χ4n) is 3.33. The molecule has 1 aromatic heterocycles. The number of nitriles is 1. The molecule has 2 heterocycles. The summed E-state index contributed by atoms with van der Waals surface area (Å²) in [6.07, 6.45) is 0. The molecule has 0 radical (unpaired) electrons. The van der Waals surface area contributed by atoms with Crippen LogP contribution in [0.15, 0.2) is 33.9 Å². The van der Waals surface area contributed by atoms with Gasteiger partial charge in [0, 0.05) is 46.8 Å². The summed E-state index contributed by atoms with van der Waals surface area (Å²) >= 11 is 0. The molecule has 0 atom stereocenters. The standard InChI is InChI=1S/C18H21N5O3/c1-20-16(15(11-19)17(25)21(2)18(20)26)23-8-6-22(7-9-23)12-13-4-3-5-14(24)10-13/h3-5,10,24H,6-9,12H2,1-2H3.